The van der Waals surface area contributed by atoms with E-state index >= 15 is 0 Å². The number of nitrogens with zero attached hydrogens (tertiary/aromatic N) is 1. The van der Waals surface area contributed by atoms with Gasteiger partial charge < -0.3 is 19.9 Å². The van der Waals surface area contributed by atoms with Crippen LogP contribution in [0.25, 0.3) is 0 Å². The molecule has 0 bridgehead atoms. The number of amides is 1. The van der Waals surface area contributed by atoms with Gasteiger partial charge in [-0.25, -0.2) is 9.59 Å². The lowest BCUT2D eigenvalue weighted by Gasteiger charge is -2.27. The number of hydrogen-bond donors (Lipinski definition) is 2. The summed E-state index contributed by atoms with van der Waals surface area (Å²) < 4.78 is 10.1. The lowest BCUT2D eigenvalue weighted by molar-refractivity contribution is -0.153. The maximum absolute atomic E-state index is 12.0. The first-order valence-electron chi connectivity index (χ1n) is 7.76. The van der Waals surface area contributed by atoms with E-state index in [0.29, 0.717) is 19.4 Å². The number of likely N-dealkylation sites (tertiary alicyclic amines) is 1. The summed E-state index contributed by atoms with van der Waals surface area (Å²) in [5.74, 6) is -1.44. The van der Waals surface area contributed by atoms with Gasteiger partial charge in [0.15, 0.2) is 0 Å². The van der Waals surface area contributed by atoms with Crippen molar-refractivity contribution in [1.82, 2.24) is 10.2 Å². The van der Waals surface area contributed by atoms with E-state index in [2.05, 4.69) is 5.32 Å². The molecule has 0 aromatic rings. The third kappa shape index (κ3) is 6.05. The second-order valence-electron chi connectivity index (χ2n) is 6.41. The predicted molar refractivity (Wildman–Crippen MR) is 82.0 cm³/mol. The zero-order valence-electron chi connectivity index (χ0n) is 14.1. The SMILES string of the molecule is CCOC(=O)N1C(CNCC(=O)OC(C)(C)C)CCC1C(=O)O. The van der Waals surface area contributed by atoms with Gasteiger partial charge in [-0.2, -0.15) is 0 Å². The molecule has 1 fully saturated rings. The molecule has 0 aliphatic carbocycles. The molecule has 2 unspecified atom stereocenters. The summed E-state index contributed by atoms with van der Waals surface area (Å²) in [7, 11) is 0. The molecule has 1 aliphatic heterocycles. The molecule has 132 valence electrons. The first-order chi connectivity index (χ1) is 10.7. The number of rotatable bonds is 6. The monoisotopic (exact) mass is 330 g/mol. The summed E-state index contributed by atoms with van der Waals surface area (Å²) >= 11 is 0. The summed E-state index contributed by atoms with van der Waals surface area (Å²) in [6.45, 7) is 7.49. The van der Waals surface area contributed by atoms with Gasteiger partial charge in [0.2, 0.25) is 0 Å². The third-order valence-corrected chi connectivity index (χ3v) is 3.34. The van der Waals surface area contributed by atoms with Gasteiger partial charge in [0.25, 0.3) is 0 Å². The molecule has 23 heavy (non-hydrogen) atoms. The van der Waals surface area contributed by atoms with E-state index in [9.17, 15) is 19.5 Å². The largest absolute Gasteiger partial charge is 0.480 e. The molecule has 0 saturated carbocycles. The highest BCUT2D eigenvalue weighted by Gasteiger charge is 2.41. The molecule has 0 radical (unpaired) electrons. The van der Waals surface area contributed by atoms with Crippen LogP contribution in [0.4, 0.5) is 4.79 Å². The van der Waals surface area contributed by atoms with Gasteiger partial charge in [-0.05, 0) is 40.5 Å². The first-order valence-corrected chi connectivity index (χ1v) is 7.76. The lowest BCUT2D eigenvalue weighted by atomic mass is 10.2. The van der Waals surface area contributed by atoms with Crippen molar-refractivity contribution >= 4 is 18.0 Å². The minimum atomic E-state index is -1.05. The Kier molecular flexibility index (Phi) is 6.80. The third-order valence-electron chi connectivity index (χ3n) is 3.34. The van der Waals surface area contributed by atoms with Crippen LogP contribution < -0.4 is 5.32 Å². The Morgan fingerprint density at radius 1 is 1.26 bits per heavy atom. The predicted octanol–water partition coefficient (Wildman–Crippen LogP) is 0.992. The van der Waals surface area contributed by atoms with Crippen molar-refractivity contribution < 1.29 is 29.0 Å². The molecule has 1 saturated heterocycles. The maximum Gasteiger partial charge on any atom is 0.410 e. The molecule has 0 aromatic heterocycles. The van der Waals surface area contributed by atoms with Crippen molar-refractivity contribution in [3.8, 4) is 0 Å². The number of carbonyl (C=O) groups is 3. The van der Waals surface area contributed by atoms with Crippen LogP contribution in [0.5, 0.6) is 0 Å². The van der Waals surface area contributed by atoms with Crippen LogP contribution in [0.2, 0.25) is 0 Å². The van der Waals surface area contributed by atoms with E-state index in [1.807, 2.05) is 0 Å². The van der Waals surface area contributed by atoms with E-state index in [1.54, 1.807) is 27.7 Å². The normalized spacial score (nSPS) is 21.1. The van der Waals surface area contributed by atoms with Crippen LogP contribution in [0, 0.1) is 0 Å². The van der Waals surface area contributed by atoms with Crippen LogP contribution in [0.1, 0.15) is 40.5 Å². The maximum atomic E-state index is 12.0. The second-order valence-corrected chi connectivity index (χ2v) is 6.41. The number of carboxylic acids is 1. The molecule has 1 heterocycles. The number of esters is 1. The average Bonchev–Trinajstić information content (AvgIpc) is 2.81. The number of carbonyl (C=O) groups excluding carboxylic acids is 2. The van der Waals surface area contributed by atoms with Crippen molar-refractivity contribution in [2.75, 3.05) is 19.7 Å². The zero-order chi connectivity index (χ0) is 17.6. The van der Waals surface area contributed by atoms with Gasteiger partial charge >= 0.3 is 18.0 Å². The molecule has 2 N–H and O–H groups in total. The van der Waals surface area contributed by atoms with Gasteiger partial charge in [0.1, 0.15) is 11.6 Å². The Hall–Kier alpha value is -1.83. The molecule has 0 aromatic carbocycles. The van der Waals surface area contributed by atoms with Crippen molar-refractivity contribution in [1.29, 1.82) is 0 Å². The van der Waals surface area contributed by atoms with Gasteiger partial charge in [0.05, 0.1) is 13.2 Å². The molecule has 1 rings (SSSR count). The summed E-state index contributed by atoms with van der Waals surface area (Å²) in [6.07, 6.45) is 0.269. The van der Waals surface area contributed by atoms with Crippen LogP contribution >= 0.6 is 0 Å². The zero-order valence-corrected chi connectivity index (χ0v) is 14.1. The number of nitrogens with one attached hydrogen (secondary N) is 1. The minimum Gasteiger partial charge on any atom is -0.480 e. The molecule has 8 nitrogen and oxygen atoms in total. The minimum absolute atomic E-state index is 0.00216. The lowest BCUT2D eigenvalue weighted by Crippen LogP contribution is -2.49. The molecule has 8 heteroatoms. The fourth-order valence-electron chi connectivity index (χ4n) is 2.52. The van der Waals surface area contributed by atoms with Crippen LogP contribution in [-0.4, -0.2) is 65.4 Å². The second kappa shape index (κ2) is 8.14. The summed E-state index contributed by atoms with van der Waals surface area (Å²) in [4.78, 5) is 36.1. The summed E-state index contributed by atoms with van der Waals surface area (Å²) in [5.41, 5.74) is -0.558. The van der Waals surface area contributed by atoms with Crippen molar-refractivity contribution in [2.24, 2.45) is 0 Å². The van der Waals surface area contributed by atoms with E-state index < -0.39 is 29.7 Å². The first kappa shape index (κ1) is 19.2. The number of carboxylic acid groups (broad SMARTS) is 1. The van der Waals surface area contributed by atoms with E-state index in [-0.39, 0.29) is 19.2 Å². The van der Waals surface area contributed by atoms with Gasteiger partial charge in [-0.1, -0.05) is 0 Å². The topological polar surface area (TPSA) is 105 Å². The Morgan fingerprint density at radius 2 is 1.91 bits per heavy atom. The van der Waals surface area contributed by atoms with Crippen molar-refractivity contribution in [3.63, 3.8) is 0 Å². The number of aliphatic carboxylic acids is 1. The van der Waals surface area contributed by atoms with Crippen molar-refractivity contribution in [2.45, 2.75) is 58.2 Å². The van der Waals surface area contributed by atoms with E-state index in [1.165, 1.54) is 4.90 Å². The Balaban J connectivity index is 2.55. The van der Waals surface area contributed by atoms with Crippen LogP contribution in [0.15, 0.2) is 0 Å². The standard InChI is InChI=1S/C15H26N2O6/c1-5-22-14(21)17-10(6-7-11(17)13(19)20)8-16-9-12(18)23-15(2,3)4/h10-11,16H,5-9H2,1-4H3,(H,19,20). The van der Waals surface area contributed by atoms with Crippen LogP contribution in [0.3, 0.4) is 0 Å². The highest BCUT2D eigenvalue weighted by molar-refractivity contribution is 5.81. The molecule has 1 amide bonds. The van der Waals surface area contributed by atoms with Gasteiger partial charge in [0, 0.05) is 12.6 Å². The smallest absolute Gasteiger partial charge is 0.410 e. The van der Waals surface area contributed by atoms with Gasteiger partial charge in [-0.15, -0.1) is 0 Å². The van der Waals surface area contributed by atoms with Crippen LogP contribution in [-0.2, 0) is 19.1 Å². The summed E-state index contributed by atoms with van der Waals surface area (Å²) in [5, 5.41) is 12.1. The molecule has 1 aliphatic rings. The summed E-state index contributed by atoms with van der Waals surface area (Å²) in [6, 6.07) is -1.21. The fraction of sp³-hybridized carbons (Fsp3) is 0.800. The quantitative estimate of drug-likeness (QED) is 0.700. The van der Waals surface area contributed by atoms with E-state index in [0.717, 1.165) is 0 Å². The number of hydrogen-bond acceptors (Lipinski definition) is 6. The Bertz CT molecular complexity index is 446. The Morgan fingerprint density at radius 3 is 2.43 bits per heavy atom. The Labute approximate surface area is 136 Å². The highest BCUT2D eigenvalue weighted by atomic mass is 16.6. The van der Waals surface area contributed by atoms with Gasteiger partial charge in [-0.3, -0.25) is 9.69 Å². The van der Waals surface area contributed by atoms with E-state index in [4.69, 9.17) is 9.47 Å². The number of ether oxygens (including phenoxy) is 2. The molecular weight excluding hydrogens is 304 g/mol. The fourth-order valence-corrected chi connectivity index (χ4v) is 2.52. The highest BCUT2D eigenvalue weighted by Crippen LogP contribution is 2.25. The molecule has 0 spiro atoms. The average molecular weight is 330 g/mol. The molecule has 2 atom stereocenters. The molecular formula is C15H26N2O6. The van der Waals surface area contributed by atoms with Crippen molar-refractivity contribution in [3.05, 3.63) is 0 Å².